The van der Waals surface area contributed by atoms with Crippen molar-refractivity contribution in [3.63, 3.8) is 0 Å². The van der Waals surface area contributed by atoms with E-state index >= 15 is 0 Å². The Balaban J connectivity index is 1.59. The molecule has 1 aromatic heterocycles. The Kier molecular flexibility index (Phi) is 7.19. The van der Waals surface area contributed by atoms with E-state index in [-0.39, 0.29) is 12.6 Å². The topological polar surface area (TPSA) is 78.8 Å². The van der Waals surface area contributed by atoms with Gasteiger partial charge in [0, 0.05) is 44.4 Å². The fourth-order valence-electron chi connectivity index (χ4n) is 3.71. The second kappa shape index (κ2) is 10.0. The third kappa shape index (κ3) is 5.77. The van der Waals surface area contributed by atoms with Gasteiger partial charge in [0.25, 0.3) is 0 Å². The molecule has 3 N–H and O–H groups in total. The van der Waals surface area contributed by atoms with E-state index < -0.39 is 11.8 Å². The third-order valence-electron chi connectivity index (χ3n) is 5.38. The van der Waals surface area contributed by atoms with E-state index in [4.69, 9.17) is 0 Å². The normalized spacial score (nSPS) is 15.0. The first-order valence-electron chi connectivity index (χ1n) is 10.1. The summed E-state index contributed by atoms with van der Waals surface area (Å²) in [5.74, 6) is -1.23. The molecule has 0 aliphatic carbocycles. The van der Waals surface area contributed by atoms with Crippen LogP contribution < -0.4 is 20.4 Å². The monoisotopic (exact) mass is 396 g/mol. The predicted octanol–water partition coefficient (Wildman–Crippen LogP) is 0.300. The molecule has 2 heterocycles. The maximum atomic E-state index is 12.3. The summed E-state index contributed by atoms with van der Waals surface area (Å²) in [6.45, 7) is 2.84. The maximum Gasteiger partial charge on any atom is 0.309 e. The molecule has 3 rings (SSSR count). The van der Waals surface area contributed by atoms with E-state index in [0.717, 1.165) is 18.8 Å². The number of amides is 2. The molecule has 1 aliphatic heterocycles. The molecular weight excluding hydrogens is 366 g/mol. The molecule has 1 aliphatic rings. The summed E-state index contributed by atoms with van der Waals surface area (Å²) in [6, 6.07) is 14.0. The number of nitrogens with zero attached hydrogens (tertiary/aromatic N) is 2. The van der Waals surface area contributed by atoms with Gasteiger partial charge in [-0.25, -0.2) is 0 Å². The minimum atomic E-state index is -0.631. The number of hydrogen-bond donors (Lipinski definition) is 3. The average Bonchev–Trinajstić information content (AvgIpc) is 3.27. The van der Waals surface area contributed by atoms with Crippen LogP contribution in [0.1, 0.15) is 30.1 Å². The molecule has 29 heavy (non-hydrogen) atoms. The zero-order chi connectivity index (χ0) is 20.6. The number of hydrogen-bond acceptors (Lipinski definition) is 4. The quantitative estimate of drug-likeness (QED) is 0.589. The highest BCUT2D eigenvalue weighted by atomic mass is 16.2. The highest BCUT2D eigenvalue weighted by Crippen LogP contribution is 2.17. The molecule has 0 bridgehead atoms. The lowest BCUT2D eigenvalue weighted by molar-refractivity contribution is -0.918. The van der Waals surface area contributed by atoms with E-state index in [0.29, 0.717) is 12.2 Å². The van der Waals surface area contributed by atoms with Crippen molar-refractivity contribution in [2.24, 2.45) is 0 Å². The van der Waals surface area contributed by atoms with Crippen molar-refractivity contribution >= 4 is 17.5 Å². The van der Waals surface area contributed by atoms with Crippen molar-refractivity contribution in [3.8, 4) is 0 Å². The van der Waals surface area contributed by atoms with Gasteiger partial charge in [-0.15, -0.1) is 0 Å². The lowest BCUT2D eigenvalue weighted by atomic mass is 10.0. The van der Waals surface area contributed by atoms with Gasteiger partial charge in [-0.05, 0) is 24.3 Å². The molecule has 7 nitrogen and oxygen atoms in total. The van der Waals surface area contributed by atoms with Gasteiger partial charge in [-0.1, -0.05) is 18.2 Å². The van der Waals surface area contributed by atoms with E-state index in [9.17, 15) is 9.59 Å². The number of quaternary nitrogens is 1. The van der Waals surface area contributed by atoms with Crippen LogP contribution in [0.15, 0.2) is 48.7 Å². The summed E-state index contributed by atoms with van der Waals surface area (Å²) in [6.07, 6.45) is 4.05. The van der Waals surface area contributed by atoms with E-state index in [1.54, 1.807) is 6.20 Å². The van der Waals surface area contributed by atoms with Crippen LogP contribution in [0.25, 0.3) is 0 Å². The van der Waals surface area contributed by atoms with Crippen LogP contribution in [0.5, 0.6) is 0 Å². The van der Waals surface area contributed by atoms with Crippen LogP contribution in [0.4, 0.5) is 5.69 Å². The zero-order valence-corrected chi connectivity index (χ0v) is 17.1. The molecule has 1 atom stereocenters. The number of anilines is 1. The minimum Gasteiger partial charge on any atom is -0.378 e. The number of benzene rings is 1. The van der Waals surface area contributed by atoms with Crippen molar-refractivity contribution in [2.45, 2.75) is 25.4 Å². The highest BCUT2D eigenvalue weighted by molar-refractivity contribution is 6.35. The first kappa shape index (κ1) is 20.8. The van der Waals surface area contributed by atoms with Gasteiger partial charge in [0.05, 0.1) is 31.9 Å². The molecule has 1 aromatic carbocycles. The Bertz CT molecular complexity index is 802. The van der Waals surface area contributed by atoms with Gasteiger partial charge >= 0.3 is 11.8 Å². The second-order valence-electron chi connectivity index (χ2n) is 7.62. The Morgan fingerprint density at radius 3 is 2.34 bits per heavy atom. The summed E-state index contributed by atoms with van der Waals surface area (Å²) in [5, 5.41) is 5.45. The fourth-order valence-corrected chi connectivity index (χ4v) is 3.71. The van der Waals surface area contributed by atoms with E-state index in [1.807, 2.05) is 32.3 Å². The highest BCUT2D eigenvalue weighted by Gasteiger charge is 2.28. The fraction of sp³-hybridized carbons (Fsp3) is 0.409. The summed E-state index contributed by atoms with van der Waals surface area (Å²) >= 11 is 0. The Morgan fingerprint density at radius 1 is 1.03 bits per heavy atom. The molecule has 1 saturated heterocycles. The van der Waals surface area contributed by atoms with Gasteiger partial charge in [0.2, 0.25) is 0 Å². The molecule has 0 radical (unpaired) electrons. The first-order chi connectivity index (χ1) is 14.0. The minimum absolute atomic E-state index is 0.140. The molecule has 2 amide bonds. The van der Waals surface area contributed by atoms with Crippen molar-refractivity contribution in [1.82, 2.24) is 15.6 Å². The Morgan fingerprint density at radius 2 is 1.72 bits per heavy atom. The number of rotatable bonds is 7. The molecule has 2 aromatic rings. The van der Waals surface area contributed by atoms with Gasteiger partial charge in [-0.2, -0.15) is 0 Å². The SMILES string of the molecule is CN(C)c1ccc([C@@H](CNC(=O)C(=O)NCc2ccccn2)[NH+]2CCCC2)cc1. The molecule has 0 spiro atoms. The molecule has 0 unspecified atom stereocenters. The molecule has 0 saturated carbocycles. The number of carbonyl (C=O) groups excluding carboxylic acids is 2. The summed E-state index contributed by atoms with van der Waals surface area (Å²) in [4.78, 5) is 32.1. The van der Waals surface area contributed by atoms with Crippen molar-refractivity contribution < 1.29 is 14.5 Å². The smallest absolute Gasteiger partial charge is 0.309 e. The lowest BCUT2D eigenvalue weighted by Gasteiger charge is -2.25. The summed E-state index contributed by atoms with van der Waals surface area (Å²) in [7, 11) is 4.03. The summed E-state index contributed by atoms with van der Waals surface area (Å²) < 4.78 is 0. The number of pyridine rings is 1. The van der Waals surface area contributed by atoms with Crippen LogP contribution in [-0.4, -0.2) is 50.5 Å². The Labute approximate surface area is 172 Å². The standard InChI is InChI=1S/C22H29N5O2/c1-26(2)19-10-8-17(9-11-19)20(27-13-5-6-14-27)16-25-22(29)21(28)24-15-18-7-3-4-12-23-18/h3-4,7-12,20H,5-6,13-16H2,1-2H3,(H,24,28)(H,25,29)/p+1/t20-/m1/s1. The Hall–Kier alpha value is -2.93. The number of likely N-dealkylation sites (tertiary alicyclic amines) is 1. The number of nitrogens with one attached hydrogen (secondary N) is 3. The molecule has 7 heteroatoms. The van der Waals surface area contributed by atoms with Crippen LogP contribution in [0.2, 0.25) is 0 Å². The largest absolute Gasteiger partial charge is 0.378 e. The van der Waals surface area contributed by atoms with Gasteiger partial charge in [0.1, 0.15) is 6.04 Å². The third-order valence-corrected chi connectivity index (χ3v) is 5.38. The maximum absolute atomic E-state index is 12.3. The molecule has 1 fully saturated rings. The van der Waals surface area contributed by atoms with Crippen molar-refractivity contribution in [1.29, 1.82) is 0 Å². The van der Waals surface area contributed by atoms with Crippen LogP contribution in [0.3, 0.4) is 0 Å². The van der Waals surface area contributed by atoms with E-state index in [2.05, 4.69) is 44.8 Å². The summed E-state index contributed by atoms with van der Waals surface area (Å²) in [5.41, 5.74) is 3.04. The van der Waals surface area contributed by atoms with Gasteiger partial charge in [-0.3, -0.25) is 14.6 Å². The number of aromatic nitrogens is 1. The lowest BCUT2D eigenvalue weighted by Crippen LogP contribution is -3.11. The second-order valence-corrected chi connectivity index (χ2v) is 7.62. The van der Waals surface area contributed by atoms with Crippen molar-refractivity contribution in [3.05, 3.63) is 59.9 Å². The van der Waals surface area contributed by atoms with Crippen LogP contribution >= 0.6 is 0 Å². The predicted molar refractivity (Wildman–Crippen MR) is 113 cm³/mol. The van der Waals surface area contributed by atoms with Crippen LogP contribution in [-0.2, 0) is 16.1 Å². The van der Waals surface area contributed by atoms with Crippen molar-refractivity contribution in [2.75, 3.05) is 38.6 Å². The first-order valence-corrected chi connectivity index (χ1v) is 10.1. The zero-order valence-electron chi connectivity index (χ0n) is 17.1. The number of carbonyl (C=O) groups is 2. The molecule has 154 valence electrons. The molecular formula is C22H30N5O2+. The van der Waals surface area contributed by atoms with Crippen LogP contribution in [0, 0.1) is 0 Å². The average molecular weight is 397 g/mol. The van der Waals surface area contributed by atoms with Gasteiger partial charge in [0.15, 0.2) is 0 Å². The van der Waals surface area contributed by atoms with E-state index in [1.165, 1.54) is 23.3 Å². The van der Waals surface area contributed by atoms with Gasteiger partial charge < -0.3 is 20.4 Å².